The molecule has 1 unspecified atom stereocenters. The number of hydrogen-bond donors (Lipinski definition) is 1. The molecular weight excluding hydrogens is 196 g/mol. The van der Waals surface area contributed by atoms with Crippen LogP contribution < -0.4 is 5.32 Å². The van der Waals surface area contributed by atoms with Gasteiger partial charge in [0.05, 0.1) is 11.7 Å². The number of methoxy groups -OCH3 is 1. The van der Waals surface area contributed by atoms with Crippen molar-refractivity contribution in [3.8, 4) is 6.07 Å². The van der Waals surface area contributed by atoms with E-state index < -0.39 is 0 Å². The van der Waals surface area contributed by atoms with E-state index in [0.29, 0.717) is 0 Å². The first-order valence-electron chi connectivity index (χ1n) is 4.47. The van der Waals surface area contributed by atoms with Crippen LogP contribution in [0.25, 0.3) is 0 Å². The lowest BCUT2D eigenvalue weighted by molar-refractivity contribution is 0.117. The van der Waals surface area contributed by atoms with Crippen LogP contribution in [0.3, 0.4) is 0 Å². The zero-order chi connectivity index (χ0) is 10.4. The molecule has 1 heterocycles. The molecule has 0 radical (unpaired) electrons. The Morgan fingerprint density at radius 2 is 2.50 bits per heavy atom. The predicted molar refractivity (Wildman–Crippen MR) is 57.2 cm³/mol. The Morgan fingerprint density at radius 3 is 3.07 bits per heavy atom. The lowest BCUT2D eigenvalue weighted by Crippen LogP contribution is -2.25. The molecule has 0 amide bonds. The summed E-state index contributed by atoms with van der Waals surface area (Å²) < 4.78 is 5.10. The van der Waals surface area contributed by atoms with Gasteiger partial charge in [0.1, 0.15) is 6.07 Å². The second kappa shape index (κ2) is 5.76. The van der Waals surface area contributed by atoms with E-state index in [9.17, 15) is 0 Å². The van der Waals surface area contributed by atoms with E-state index in [1.54, 1.807) is 18.4 Å². The SMILES string of the molecule is COC(C)CNCc1cc(C#N)cs1. The fourth-order valence-corrected chi connectivity index (χ4v) is 1.79. The third kappa shape index (κ3) is 3.46. The average molecular weight is 210 g/mol. The van der Waals surface area contributed by atoms with E-state index in [0.717, 1.165) is 18.7 Å². The minimum Gasteiger partial charge on any atom is -0.380 e. The molecule has 1 aromatic heterocycles. The number of nitrogens with one attached hydrogen (secondary N) is 1. The molecule has 1 atom stereocenters. The van der Waals surface area contributed by atoms with Gasteiger partial charge in [0.2, 0.25) is 0 Å². The maximum absolute atomic E-state index is 8.62. The van der Waals surface area contributed by atoms with Gasteiger partial charge in [-0.15, -0.1) is 11.3 Å². The normalized spacial score (nSPS) is 12.4. The number of ether oxygens (including phenoxy) is 1. The van der Waals surface area contributed by atoms with Gasteiger partial charge in [-0.1, -0.05) is 0 Å². The number of thiophene rings is 1. The van der Waals surface area contributed by atoms with Crippen LogP contribution in [0.2, 0.25) is 0 Å². The second-order valence-electron chi connectivity index (χ2n) is 3.09. The third-order valence-electron chi connectivity index (χ3n) is 1.92. The molecule has 1 aromatic rings. The molecule has 0 saturated heterocycles. The molecular formula is C10H14N2OS. The molecule has 0 fully saturated rings. The van der Waals surface area contributed by atoms with E-state index in [1.807, 2.05) is 18.4 Å². The van der Waals surface area contributed by atoms with E-state index in [4.69, 9.17) is 10.00 Å². The summed E-state index contributed by atoms with van der Waals surface area (Å²) in [5, 5.41) is 13.8. The molecule has 1 N–H and O–H groups in total. The van der Waals surface area contributed by atoms with Crippen molar-refractivity contribution in [1.82, 2.24) is 5.32 Å². The van der Waals surface area contributed by atoms with Crippen LogP contribution in [0.5, 0.6) is 0 Å². The summed E-state index contributed by atoms with van der Waals surface area (Å²) >= 11 is 1.61. The van der Waals surface area contributed by atoms with Gasteiger partial charge in [0.15, 0.2) is 0 Å². The number of nitrogens with zero attached hydrogens (tertiary/aromatic N) is 1. The zero-order valence-electron chi connectivity index (χ0n) is 8.41. The Balaban J connectivity index is 2.28. The molecule has 0 aliphatic rings. The van der Waals surface area contributed by atoms with Crippen molar-refractivity contribution >= 4 is 11.3 Å². The van der Waals surface area contributed by atoms with Gasteiger partial charge in [0, 0.05) is 30.5 Å². The van der Waals surface area contributed by atoms with Gasteiger partial charge < -0.3 is 10.1 Å². The van der Waals surface area contributed by atoms with Gasteiger partial charge in [-0.3, -0.25) is 0 Å². The molecule has 0 bridgehead atoms. The van der Waals surface area contributed by atoms with E-state index in [-0.39, 0.29) is 6.10 Å². The highest BCUT2D eigenvalue weighted by atomic mass is 32.1. The Labute approximate surface area is 88.3 Å². The van der Waals surface area contributed by atoms with Crippen LogP contribution in [0.4, 0.5) is 0 Å². The van der Waals surface area contributed by atoms with Crippen molar-refractivity contribution in [2.45, 2.75) is 19.6 Å². The fraction of sp³-hybridized carbons (Fsp3) is 0.500. The topological polar surface area (TPSA) is 45.0 Å². The van der Waals surface area contributed by atoms with E-state index in [2.05, 4.69) is 11.4 Å². The van der Waals surface area contributed by atoms with Crippen LogP contribution in [0.15, 0.2) is 11.4 Å². The maximum Gasteiger partial charge on any atom is 0.100 e. The first-order valence-corrected chi connectivity index (χ1v) is 5.35. The summed E-state index contributed by atoms with van der Waals surface area (Å²) in [6, 6.07) is 4.03. The minimum absolute atomic E-state index is 0.227. The standard InChI is InChI=1S/C10H14N2OS/c1-8(13-2)5-12-6-10-3-9(4-11)7-14-10/h3,7-8,12H,5-6H2,1-2H3. The summed E-state index contributed by atoms with van der Waals surface area (Å²) in [6.45, 7) is 3.65. The maximum atomic E-state index is 8.62. The van der Waals surface area contributed by atoms with Crippen LogP contribution in [0, 0.1) is 11.3 Å². The molecule has 14 heavy (non-hydrogen) atoms. The average Bonchev–Trinajstić information content (AvgIpc) is 2.65. The smallest absolute Gasteiger partial charge is 0.100 e. The van der Waals surface area contributed by atoms with Gasteiger partial charge in [0.25, 0.3) is 0 Å². The highest BCUT2D eigenvalue weighted by Gasteiger charge is 2.00. The van der Waals surface area contributed by atoms with Gasteiger partial charge in [-0.2, -0.15) is 5.26 Å². The largest absolute Gasteiger partial charge is 0.380 e. The molecule has 76 valence electrons. The third-order valence-corrected chi connectivity index (χ3v) is 2.85. The fourth-order valence-electron chi connectivity index (χ4n) is 1.01. The summed E-state index contributed by atoms with van der Waals surface area (Å²) in [5.41, 5.74) is 0.742. The number of hydrogen-bond acceptors (Lipinski definition) is 4. The number of rotatable bonds is 5. The summed E-state index contributed by atoms with van der Waals surface area (Å²) in [5.74, 6) is 0. The van der Waals surface area contributed by atoms with Crippen molar-refractivity contribution in [1.29, 1.82) is 5.26 Å². The highest BCUT2D eigenvalue weighted by Crippen LogP contribution is 2.13. The van der Waals surface area contributed by atoms with Crippen molar-refractivity contribution in [2.24, 2.45) is 0 Å². The first-order chi connectivity index (χ1) is 6.76. The monoisotopic (exact) mass is 210 g/mol. The Bertz CT molecular complexity index is 316. The summed E-state index contributed by atoms with van der Waals surface area (Å²) in [4.78, 5) is 1.19. The molecule has 3 nitrogen and oxygen atoms in total. The summed E-state index contributed by atoms with van der Waals surface area (Å²) in [7, 11) is 1.70. The van der Waals surface area contributed by atoms with Crippen LogP contribution >= 0.6 is 11.3 Å². The molecule has 0 aliphatic carbocycles. The number of nitriles is 1. The van der Waals surface area contributed by atoms with E-state index in [1.165, 1.54) is 4.88 Å². The van der Waals surface area contributed by atoms with Crippen molar-refractivity contribution < 1.29 is 4.74 Å². The van der Waals surface area contributed by atoms with Gasteiger partial charge in [-0.05, 0) is 13.0 Å². The molecule has 4 heteroatoms. The van der Waals surface area contributed by atoms with E-state index >= 15 is 0 Å². The van der Waals surface area contributed by atoms with Crippen molar-refractivity contribution in [2.75, 3.05) is 13.7 Å². The van der Waals surface area contributed by atoms with Crippen LogP contribution in [0.1, 0.15) is 17.4 Å². The lowest BCUT2D eigenvalue weighted by atomic mass is 10.3. The Kier molecular flexibility index (Phi) is 4.60. The van der Waals surface area contributed by atoms with Crippen molar-refractivity contribution in [3.63, 3.8) is 0 Å². The minimum atomic E-state index is 0.227. The first kappa shape index (κ1) is 11.2. The molecule has 0 aromatic carbocycles. The second-order valence-corrected chi connectivity index (χ2v) is 4.09. The molecule has 0 spiro atoms. The van der Waals surface area contributed by atoms with Crippen molar-refractivity contribution in [3.05, 3.63) is 21.9 Å². The Hall–Kier alpha value is -0.890. The van der Waals surface area contributed by atoms with Crippen LogP contribution in [-0.4, -0.2) is 19.8 Å². The molecule has 0 saturated carbocycles. The predicted octanol–water partition coefficient (Wildman–Crippen LogP) is 1.74. The lowest BCUT2D eigenvalue weighted by Gasteiger charge is -2.09. The molecule has 0 aliphatic heterocycles. The van der Waals surface area contributed by atoms with Gasteiger partial charge in [-0.25, -0.2) is 0 Å². The Morgan fingerprint density at radius 1 is 1.71 bits per heavy atom. The highest BCUT2D eigenvalue weighted by molar-refractivity contribution is 7.10. The van der Waals surface area contributed by atoms with Crippen LogP contribution in [-0.2, 0) is 11.3 Å². The quantitative estimate of drug-likeness (QED) is 0.805. The summed E-state index contributed by atoms with van der Waals surface area (Å²) in [6.07, 6.45) is 0.227. The van der Waals surface area contributed by atoms with Gasteiger partial charge >= 0.3 is 0 Å². The zero-order valence-corrected chi connectivity index (χ0v) is 9.23. The molecule has 1 rings (SSSR count).